The summed E-state index contributed by atoms with van der Waals surface area (Å²) in [4.78, 5) is 0.0904. The quantitative estimate of drug-likeness (QED) is 0.735. The highest BCUT2D eigenvalue weighted by Crippen LogP contribution is 2.20. The van der Waals surface area contributed by atoms with Crippen LogP contribution in [0.15, 0.2) is 50.3 Å². The lowest BCUT2D eigenvalue weighted by Crippen LogP contribution is -2.26. The average molecular weight is 347 g/mol. The molecule has 0 aliphatic carbocycles. The van der Waals surface area contributed by atoms with Crippen molar-refractivity contribution < 1.29 is 17.5 Å². The number of nitrogens with one attached hydrogen (secondary N) is 1. The van der Waals surface area contributed by atoms with Gasteiger partial charge in [0.15, 0.2) is 11.5 Å². The number of nitrogens with zero attached hydrogens (tertiary/aromatic N) is 2. The normalized spacial score (nSPS) is 11.8. The van der Waals surface area contributed by atoms with E-state index in [-0.39, 0.29) is 17.2 Å². The van der Waals surface area contributed by atoms with Crippen molar-refractivity contribution in [2.45, 2.75) is 25.2 Å². The fraction of sp³-hybridized carbons (Fsp3) is 0.250. The largest absolute Gasteiger partial charge is 0.360 e. The molecule has 0 amide bonds. The average Bonchev–Trinajstić information content (AvgIpc) is 3.15. The predicted molar refractivity (Wildman–Crippen MR) is 86.8 cm³/mol. The van der Waals surface area contributed by atoms with Gasteiger partial charge in [0.25, 0.3) is 0 Å². The maximum atomic E-state index is 12.3. The van der Waals surface area contributed by atoms with Crippen LogP contribution in [0.25, 0.3) is 11.3 Å². The molecule has 1 aromatic carbocycles. The zero-order valence-electron chi connectivity index (χ0n) is 13.3. The first-order valence-corrected chi connectivity index (χ1v) is 8.89. The van der Waals surface area contributed by atoms with E-state index in [0.717, 1.165) is 5.56 Å². The number of rotatable bonds is 6. The highest BCUT2D eigenvalue weighted by Gasteiger charge is 2.23. The summed E-state index contributed by atoms with van der Waals surface area (Å²) in [6.07, 6.45) is 0.416. The minimum atomic E-state index is -3.66. The maximum Gasteiger partial charge on any atom is 0.245 e. The van der Waals surface area contributed by atoms with Crippen LogP contribution < -0.4 is 4.72 Å². The molecule has 0 radical (unpaired) electrons. The van der Waals surface area contributed by atoms with Crippen LogP contribution in [-0.2, 0) is 16.4 Å². The molecule has 2 heterocycles. The number of hydrogen-bond donors (Lipinski definition) is 1. The van der Waals surface area contributed by atoms with Crippen LogP contribution in [0.2, 0.25) is 0 Å². The summed E-state index contributed by atoms with van der Waals surface area (Å²) < 4.78 is 37.3. The highest BCUT2D eigenvalue weighted by atomic mass is 32.2. The summed E-state index contributed by atoms with van der Waals surface area (Å²) in [5, 5.41) is 7.63. The molecule has 7 nitrogen and oxygen atoms in total. The molecule has 3 aromatic rings. The Morgan fingerprint density at radius 1 is 1.08 bits per heavy atom. The zero-order valence-corrected chi connectivity index (χ0v) is 14.1. The third-order valence-corrected chi connectivity index (χ3v) is 5.23. The Kier molecular flexibility index (Phi) is 4.50. The molecule has 0 aliphatic heterocycles. The molecule has 0 saturated carbocycles. The minimum Gasteiger partial charge on any atom is -0.360 e. The van der Waals surface area contributed by atoms with Gasteiger partial charge >= 0.3 is 0 Å². The smallest absolute Gasteiger partial charge is 0.245 e. The fourth-order valence-electron chi connectivity index (χ4n) is 2.41. The standard InChI is InChI=1S/C16H17N3O4S/c1-11-16(12(2)22-18-11)24(20,21)17-9-8-14-10-15(23-19-14)13-6-4-3-5-7-13/h3-7,10,17H,8-9H2,1-2H3. The second kappa shape index (κ2) is 6.58. The highest BCUT2D eigenvalue weighted by molar-refractivity contribution is 7.89. The van der Waals surface area contributed by atoms with E-state index in [1.807, 2.05) is 30.3 Å². The van der Waals surface area contributed by atoms with Gasteiger partial charge in [0.05, 0.1) is 5.69 Å². The van der Waals surface area contributed by atoms with Crippen molar-refractivity contribution in [2.75, 3.05) is 6.54 Å². The van der Waals surface area contributed by atoms with Crippen LogP contribution in [-0.4, -0.2) is 25.3 Å². The molecular formula is C16H17N3O4S. The van der Waals surface area contributed by atoms with E-state index in [1.54, 1.807) is 19.9 Å². The first-order chi connectivity index (χ1) is 11.5. The number of aryl methyl sites for hydroxylation is 2. The zero-order chi connectivity index (χ0) is 17.2. The van der Waals surface area contributed by atoms with E-state index in [0.29, 0.717) is 23.6 Å². The van der Waals surface area contributed by atoms with E-state index in [4.69, 9.17) is 9.05 Å². The Hall–Kier alpha value is -2.45. The van der Waals surface area contributed by atoms with E-state index in [9.17, 15) is 8.42 Å². The van der Waals surface area contributed by atoms with Gasteiger partial charge in [0.2, 0.25) is 10.0 Å². The summed E-state index contributed by atoms with van der Waals surface area (Å²) in [5.41, 5.74) is 1.94. The van der Waals surface area contributed by atoms with Crippen molar-refractivity contribution in [1.82, 2.24) is 15.0 Å². The molecule has 24 heavy (non-hydrogen) atoms. The Bertz CT molecular complexity index is 910. The summed E-state index contributed by atoms with van der Waals surface area (Å²) in [6.45, 7) is 3.36. The van der Waals surface area contributed by atoms with Gasteiger partial charge in [-0.25, -0.2) is 13.1 Å². The first kappa shape index (κ1) is 16.4. The predicted octanol–water partition coefficient (Wildman–Crippen LogP) is 2.47. The third-order valence-electron chi connectivity index (χ3n) is 3.53. The second-order valence-corrected chi connectivity index (χ2v) is 7.05. The first-order valence-electron chi connectivity index (χ1n) is 7.41. The van der Waals surface area contributed by atoms with Crippen molar-refractivity contribution >= 4 is 10.0 Å². The number of benzene rings is 1. The SMILES string of the molecule is Cc1noc(C)c1S(=O)(=O)NCCc1cc(-c2ccccc2)on1. The molecule has 0 fully saturated rings. The molecule has 0 bridgehead atoms. The van der Waals surface area contributed by atoms with Crippen molar-refractivity contribution in [3.05, 3.63) is 53.5 Å². The van der Waals surface area contributed by atoms with Gasteiger partial charge in [-0.15, -0.1) is 0 Å². The van der Waals surface area contributed by atoms with Gasteiger partial charge < -0.3 is 9.05 Å². The summed E-state index contributed by atoms with van der Waals surface area (Å²) in [7, 11) is -3.66. The van der Waals surface area contributed by atoms with Gasteiger partial charge in [-0.1, -0.05) is 40.6 Å². The lowest BCUT2D eigenvalue weighted by Gasteiger charge is -2.04. The monoisotopic (exact) mass is 347 g/mol. The molecule has 0 atom stereocenters. The summed E-state index contributed by atoms with van der Waals surface area (Å²) >= 11 is 0. The van der Waals surface area contributed by atoms with E-state index < -0.39 is 10.0 Å². The molecule has 126 valence electrons. The van der Waals surface area contributed by atoms with Gasteiger partial charge in [0, 0.05) is 24.6 Å². The van der Waals surface area contributed by atoms with Crippen molar-refractivity contribution in [1.29, 1.82) is 0 Å². The van der Waals surface area contributed by atoms with Crippen molar-refractivity contribution in [2.24, 2.45) is 0 Å². The molecule has 0 saturated heterocycles. The number of hydrogen-bond acceptors (Lipinski definition) is 6. The third kappa shape index (κ3) is 3.39. The maximum absolute atomic E-state index is 12.3. The Morgan fingerprint density at radius 3 is 2.50 bits per heavy atom. The van der Waals surface area contributed by atoms with Gasteiger partial charge in [0.1, 0.15) is 10.6 Å². The molecule has 2 aromatic heterocycles. The van der Waals surface area contributed by atoms with Crippen LogP contribution in [0.3, 0.4) is 0 Å². The molecule has 0 aliphatic rings. The molecule has 1 N–H and O–H groups in total. The Morgan fingerprint density at radius 2 is 1.83 bits per heavy atom. The molecule has 0 spiro atoms. The molecule has 3 rings (SSSR count). The number of sulfonamides is 1. The Balaban J connectivity index is 1.64. The van der Waals surface area contributed by atoms with Gasteiger partial charge in [-0.05, 0) is 13.8 Å². The van der Waals surface area contributed by atoms with Crippen LogP contribution in [0, 0.1) is 13.8 Å². The van der Waals surface area contributed by atoms with Crippen LogP contribution in [0.4, 0.5) is 0 Å². The van der Waals surface area contributed by atoms with Crippen LogP contribution in [0.5, 0.6) is 0 Å². The lowest BCUT2D eigenvalue weighted by molar-refractivity contribution is 0.390. The summed E-state index contributed by atoms with van der Waals surface area (Å²) in [6, 6.07) is 11.4. The lowest BCUT2D eigenvalue weighted by atomic mass is 10.1. The second-order valence-electron chi connectivity index (χ2n) is 5.35. The van der Waals surface area contributed by atoms with Crippen molar-refractivity contribution in [3.63, 3.8) is 0 Å². The van der Waals surface area contributed by atoms with Crippen LogP contribution in [0.1, 0.15) is 17.1 Å². The molecule has 0 unspecified atom stereocenters. The van der Waals surface area contributed by atoms with E-state index in [1.165, 1.54) is 0 Å². The molecular weight excluding hydrogens is 330 g/mol. The Labute approximate surface area is 139 Å². The van der Waals surface area contributed by atoms with Gasteiger partial charge in [-0.3, -0.25) is 0 Å². The van der Waals surface area contributed by atoms with Gasteiger partial charge in [-0.2, -0.15) is 0 Å². The van der Waals surface area contributed by atoms with E-state index in [2.05, 4.69) is 15.0 Å². The number of aromatic nitrogens is 2. The van der Waals surface area contributed by atoms with E-state index >= 15 is 0 Å². The topological polar surface area (TPSA) is 98.2 Å². The minimum absolute atomic E-state index is 0.0904. The van der Waals surface area contributed by atoms with Crippen molar-refractivity contribution in [3.8, 4) is 11.3 Å². The van der Waals surface area contributed by atoms with Crippen LogP contribution >= 0.6 is 0 Å². The molecule has 8 heteroatoms. The fourth-order valence-corrected chi connectivity index (χ4v) is 3.77. The summed E-state index contributed by atoms with van der Waals surface area (Å²) in [5.74, 6) is 0.923.